The molecular weight excluding hydrogens is 292 g/mol. The molecule has 6 nitrogen and oxygen atoms in total. The summed E-state index contributed by atoms with van der Waals surface area (Å²) in [6, 6.07) is 6.00. The summed E-state index contributed by atoms with van der Waals surface area (Å²) in [5.74, 6) is -1.04. The number of nitrogens with two attached hydrogens (primary N) is 1. The van der Waals surface area contributed by atoms with Crippen LogP contribution in [0.2, 0.25) is 0 Å². The van der Waals surface area contributed by atoms with Gasteiger partial charge in [-0.1, -0.05) is 18.2 Å². The molecule has 2 atom stereocenters. The fourth-order valence-electron chi connectivity index (χ4n) is 3.20. The van der Waals surface area contributed by atoms with Crippen molar-refractivity contribution in [3.05, 3.63) is 53.1 Å². The number of aliphatic hydroxyl groups excluding tert-OH is 1. The third-order valence-electron chi connectivity index (χ3n) is 4.47. The molecule has 1 aliphatic carbocycles. The average Bonchev–Trinajstić information content (AvgIpc) is 3.05. The third kappa shape index (κ3) is 3.28. The Morgan fingerprint density at radius 1 is 1.52 bits per heavy atom. The summed E-state index contributed by atoms with van der Waals surface area (Å²) in [6.07, 6.45) is 4.37. The lowest BCUT2D eigenvalue weighted by Gasteiger charge is -2.12. The molecule has 122 valence electrons. The molecule has 3 rings (SSSR count). The zero-order valence-corrected chi connectivity index (χ0v) is 13.2. The van der Waals surface area contributed by atoms with Gasteiger partial charge in [-0.25, -0.2) is 4.98 Å². The zero-order valence-electron chi connectivity index (χ0n) is 13.2. The molecule has 0 bridgehead atoms. The van der Waals surface area contributed by atoms with Gasteiger partial charge in [0.1, 0.15) is 0 Å². The molecule has 0 unspecified atom stereocenters. The van der Waals surface area contributed by atoms with Gasteiger partial charge in [0.2, 0.25) is 5.91 Å². The Morgan fingerprint density at radius 2 is 2.35 bits per heavy atom. The second-order valence-electron chi connectivity index (χ2n) is 6.11. The quantitative estimate of drug-likeness (QED) is 0.666. The number of benzene rings is 1. The van der Waals surface area contributed by atoms with Crippen molar-refractivity contribution in [1.82, 2.24) is 14.9 Å². The summed E-state index contributed by atoms with van der Waals surface area (Å²) in [5.41, 5.74) is 9.58. The van der Waals surface area contributed by atoms with E-state index in [9.17, 15) is 9.90 Å². The summed E-state index contributed by atoms with van der Waals surface area (Å²) in [5, 5.41) is 13.4. The predicted octanol–water partition coefficient (Wildman–Crippen LogP) is 0.238. The highest BCUT2D eigenvalue weighted by molar-refractivity contribution is 5.84. The number of carbonyl (C=O) groups excluding carboxylic acids is 1. The lowest BCUT2D eigenvalue weighted by atomic mass is 9.97. The van der Waals surface area contributed by atoms with Crippen LogP contribution in [-0.2, 0) is 31.2 Å². The van der Waals surface area contributed by atoms with Gasteiger partial charge in [-0.3, -0.25) is 4.79 Å². The molecule has 0 saturated carbocycles. The van der Waals surface area contributed by atoms with Crippen molar-refractivity contribution >= 4 is 5.91 Å². The second-order valence-corrected chi connectivity index (χ2v) is 6.11. The number of hydrogen-bond acceptors (Lipinski definition) is 4. The van der Waals surface area contributed by atoms with Crippen LogP contribution < -0.4 is 11.1 Å². The van der Waals surface area contributed by atoms with E-state index in [0.717, 1.165) is 29.7 Å². The number of amides is 1. The average molecular weight is 314 g/mol. The number of hydrogen-bond donors (Lipinski definition) is 3. The van der Waals surface area contributed by atoms with E-state index in [1.165, 1.54) is 5.69 Å². The highest BCUT2D eigenvalue weighted by atomic mass is 16.3. The van der Waals surface area contributed by atoms with Crippen molar-refractivity contribution in [3.8, 4) is 0 Å². The number of carbonyl (C=O) groups is 1. The van der Waals surface area contributed by atoms with E-state index >= 15 is 0 Å². The van der Waals surface area contributed by atoms with E-state index in [1.54, 1.807) is 6.33 Å². The number of aryl methyl sites for hydroxylation is 1. The molecule has 6 heteroatoms. The fourth-order valence-corrected chi connectivity index (χ4v) is 3.20. The molecule has 23 heavy (non-hydrogen) atoms. The van der Waals surface area contributed by atoms with E-state index < -0.39 is 17.9 Å². The third-order valence-corrected chi connectivity index (χ3v) is 4.47. The van der Waals surface area contributed by atoms with Crippen LogP contribution in [0.3, 0.4) is 0 Å². The molecule has 1 amide bonds. The van der Waals surface area contributed by atoms with Gasteiger partial charge in [0.25, 0.3) is 0 Å². The van der Waals surface area contributed by atoms with Gasteiger partial charge in [0, 0.05) is 38.4 Å². The summed E-state index contributed by atoms with van der Waals surface area (Å²) in [4.78, 5) is 15.6. The number of rotatable bonds is 6. The van der Waals surface area contributed by atoms with Gasteiger partial charge in [-0.05, 0) is 23.1 Å². The first-order chi connectivity index (χ1) is 11.1. The van der Waals surface area contributed by atoms with Gasteiger partial charge in [-0.15, -0.1) is 0 Å². The molecule has 0 spiro atoms. The van der Waals surface area contributed by atoms with E-state index in [0.29, 0.717) is 13.0 Å². The molecule has 0 radical (unpaired) electrons. The maximum Gasteiger partial charge on any atom is 0.227 e. The van der Waals surface area contributed by atoms with Crippen molar-refractivity contribution in [2.45, 2.75) is 31.4 Å². The largest absolute Gasteiger partial charge is 0.392 e. The Hall–Kier alpha value is -2.18. The van der Waals surface area contributed by atoms with Crippen LogP contribution in [-0.4, -0.2) is 33.2 Å². The number of aliphatic hydroxyl groups is 1. The van der Waals surface area contributed by atoms with Gasteiger partial charge in [0.05, 0.1) is 18.3 Å². The molecule has 1 heterocycles. The first kappa shape index (κ1) is 15.7. The Balaban J connectivity index is 1.60. The number of imidazole rings is 1. The number of fused-ring (bicyclic) bond motifs is 1. The Morgan fingerprint density at radius 3 is 3.04 bits per heavy atom. The highest BCUT2D eigenvalue weighted by Crippen LogP contribution is 2.33. The minimum atomic E-state index is -0.699. The molecular formula is C17H22N4O2. The van der Waals surface area contributed by atoms with Crippen molar-refractivity contribution in [3.63, 3.8) is 0 Å². The monoisotopic (exact) mass is 314 g/mol. The summed E-state index contributed by atoms with van der Waals surface area (Å²) < 4.78 is 2.01. The Kier molecular flexibility index (Phi) is 4.45. The van der Waals surface area contributed by atoms with Crippen LogP contribution >= 0.6 is 0 Å². The SMILES string of the molecule is Cn1cncc1CCNCc1ccc2c(c1)[C@@H](C(N)=O)[C@H](O)C2. The van der Waals surface area contributed by atoms with E-state index in [4.69, 9.17) is 5.73 Å². The number of primary amides is 1. The minimum Gasteiger partial charge on any atom is -0.392 e. The predicted molar refractivity (Wildman–Crippen MR) is 86.7 cm³/mol. The molecule has 0 saturated heterocycles. The maximum absolute atomic E-state index is 11.5. The summed E-state index contributed by atoms with van der Waals surface area (Å²) in [6.45, 7) is 1.56. The Bertz CT molecular complexity index is 710. The highest BCUT2D eigenvalue weighted by Gasteiger charge is 2.35. The number of nitrogens with zero attached hydrogens (tertiary/aromatic N) is 2. The first-order valence-corrected chi connectivity index (χ1v) is 7.81. The molecule has 1 aromatic carbocycles. The van der Waals surface area contributed by atoms with Crippen molar-refractivity contribution in [2.24, 2.45) is 12.8 Å². The van der Waals surface area contributed by atoms with Gasteiger partial charge in [0.15, 0.2) is 0 Å². The van der Waals surface area contributed by atoms with Crippen LogP contribution in [0.1, 0.15) is 28.3 Å². The standard InChI is InChI=1S/C17H22N4O2/c1-21-10-20-9-13(21)4-5-19-8-11-2-3-12-7-15(22)16(17(18)23)14(12)6-11/h2-3,6,9-10,15-16,19,22H,4-5,7-8H2,1H3,(H2,18,23)/t15-,16-/m1/s1. The second kappa shape index (κ2) is 6.52. The molecule has 0 aliphatic heterocycles. The van der Waals surface area contributed by atoms with Crippen LogP contribution in [0.4, 0.5) is 0 Å². The molecule has 4 N–H and O–H groups in total. The number of nitrogens with one attached hydrogen (secondary N) is 1. The molecule has 0 fully saturated rings. The van der Waals surface area contributed by atoms with Gasteiger partial charge >= 0.3 is 0 Å². The Labute approximate surface area is 135 Å². The van der Waals surface area contributed by atoms with Gasteiger partial charge < -0.3 is 20.7 Å². The van der Waals surface area contributed by atoms with Crippen LogP contribution in [0.25, 0.3) is 0 Å². The maximum atomic E-state index is 11.5. The number of aromatic nitrogens is 2. The minimum absolute atomic E-state index is 0.461. The van der Waals surface area contributed by atoms with Crippen molar-refractivity contribution < 1.29 is 9.90 Å². The summed E-state index contributed by atoms with van der Waals surface area (Å²) in [7, 11) is 1.98. The lowest BCUT2D eigenvalue weighted by Crippen LogP contribution is -2.28. The van der Waals surface area contributed by atoms with Crippen molar-refractivity contribution in [1.29, 1.82) is 0 Å². The molecule has 1 aromatic heterocycles. The van der Waals surface area contributed by atoms with Crippen molar-refractivity contribution in [2.75, 3.05) is 6.54 Å². The van der Waals surface area contributed by atoms with E-state index in [2.05, 4.69) is 10.3 Å². The first-order valence-electron chi connectivity index (χ1n) is 7.81. The van der Waals surface area contributed by atoms with Crippen LogP contribution in [0, 0.1) is 0 Å². The summed E-state index contributed by atoms with van der Waals surface area (Å²) >= 11 is 0. The normalized spacial score (nSPS) is 19.7. The topological polar surface area (TPSA) is 93.2 Å². The van der Waals surface area contributed by atoms with E-state index in [-0.39, 0.29) is 0 Å². The molecule has 1 aliphatic rings. The smallest absolute Gasteiger partial charge is 0.227 e. The van der Waals surface area contributed by atoms with Crippen LogP contribution in [0.5, 0.6) is 0 Å². The van der Waals surface area contributed by atoms with Crippen LogP contribution in [0.15, 0.2) is 30.7 Å². The van der Waals surface area contributed by atoms with E-state index in [1.807, 2.05) is 36.0 Å². The lowest BCUT2D eigenvalue weighted by molar-refractivity contribution is -0.121. The zero-order chi connectivity index (χ0) is 16.4. The fraction of sp³-hybridized carbons (Fsp3) is 0.412. The van der Waals surface area contributed by atoms with Gasteiger partial charge in [-0.2, -0.15) is 0 Å². The molecule has 2 aromatic rings.